The van der Waals surface area contributed by atoms with Crippen LogP contribution in [-0.4, -0.2) is 67.1 Å². The molecule has 0 spiro atoms. The van der Waals surface area contributed by atoms with E-state index in [0.717, 1.165) is 52.5 Å². The third-order valence-electron chi connectivity index (χ3n) is 5.67. The smallest absolute Gasteiger partial charge is 0.146 e. The topological polar surface area (TPSA) is 79.1 Å². The van der Waals surface area contributed by atoms with E-state index in [0.29, 0.717) is 13.2 Å². The number of imidazole rings is 1. The Morgan fingerprint density at radius 2 is 1.97 bits per heavy atom. The zero-order valence-electron chi connectivity index (χ0n) is 18.2. The summed E-state index contributed by atoms with van der Waals surface area (Å²) in [6, 6.07) is 13.9. The van der Waals surface area contributed by atoms with Gasteiger partial charge in [0.15, 0.2) is 0 Å². The Balaban J connectivity index is 1.47. The third kappa shape index (κ3) is 4.00. The molecule has 1 N–H and O–H groups in total. The van der Waals surface area contributed by atoms with Gasteiger partial charge in [0.25, 0.3) is 0 Å². The molecular weight excluding hydrogens is 408 g/mol. The summed E-state index contributed by atoms with van der Waals surface area (Å²) >= 11 is 0. The van der Waals surface area contributed by atoms with E-state index in [1.807, 2.05) is 53.2 Å². The fraction of sp³-hybridized carbons (Fsp3) is 0.333. The number of nitrogens with zero attached hydrogens (tertiary/aromatic N) is 3. The Morgan fingerprint density at radius 1 is 1.06 bits per heavy atom. The highest BCUT2D eigenvalue weighted by atomic mass is 16.5. The lowest BCUT2D eigenvalue weighted by Crippen LogP contribution is -2.31. The molecule has 0 amide bonds. The SMILES string of the molecule is COCCOc1ccn2c(-c3ccc4cccc(O[C@H]5CNC[C@@H]5OC)c4n3)cnc2c1. The van der Waals surface area contributed by atoms with Crippen molar-refractivity contribution in [3.8, 4) is 22.9 Å². The van der Waals surface area contributed by atoms with Crippen LogP contribution in [0.3, 0.4) is 0 Å². The summed E-state index contributed by atoms with van der Waals surface area (Å²) in [6.07, 6.45) is 3.74. The molecule has 4 heterocycles. The molecule has 1 fully saturated rings. The molecule has 4 aromatic rings. The minimum atomic E-state index is -0.0524. The lowest BCUT2D eigenvalue weighted by molar-refractivity contribution is 0.0352. The van der Waals surface area contributed by atoms with Crippen molar-refractivity contribution in [1.29, 1.82) is 0 Å². The molecule has 8 heteroatoms. The van der Waals surface area contributed by atoms with Crippen molar-refractivity contribution < 1.29 is 18.9 Å². The number of para-hydroxylation sites is 1. The number of pyridine rings is 2. The Labute approximate surface area is 186 Å². The molecule has 1 aliphatic rings. The molecule has 2 atom stereocenters. The summed E-state index contributed by atoms with van der Waals surface area (Å²) < 4.78 is 24.6. The number of nitrogens with one attached hydrogen (secondary N) is 1. The Morgan fingerprint density at radius 3 is 2.84 bits per heavy atom. The highest BCUT2D eigenvalue weighted by Gasteiger charge is 2.29. The van der Waals surface area contributed by atoms with Gasteiger partial charge in [-0.25, -0.2) is 9.97 Å². The molecule has 0 bridgehead atoms. The Kier molecular flexibility index (Phi) is 5.89. The number of hydrogen-bond acceptors (Lipinski definition) is 7. The zero-order valence-corrected chi connectivity index (χ0v) is 18.2. The van der Waals surface area contributed by atoms with Crippen molar-refractivity contribution in [3.05, 3.63) is 54.9 Å². The highest BCUT2D eigenvalue weighted by molar-refractivity contribution is 5.86. The van der Waals surface area contributed by atoms with Crippen molar-refractivity contribution in [2.45, 2.75) is 12.2 Å². The Bertz CT molecular complexity index is 1230. The van der Waals surface area contributed by atoms with Gasteiger partial charge in [-0.15, -0.1) is 0 Å². The Hall–Kier alpha value is -3.20. The lowest BCUT2D eigenvalue weighted by atomic mass is 10.1. The van der Waals surface area contributed by atoms with Crippen LogP contribution in [0.15, 0.2) is 54.9 Å². The normalized spacial score (nSPS) is 18.4. The van der Waals surface area contributed by atoms with Crippen molar-refractivity contribution >= 4 is 16.6 Å². The van der Waals surface area contributed by atoms with Crippen LogP contribution < -0.4 is 14.8 Å². The monoisotopic (exact) mass is 434 g/mol. The van der Waals surface area contributed by atoms with Crippen molar-refractivity contribution in [3.63, 3.8) is 0 Å². The number of benzene rings is 1. The van der Waals surface area contributed by atoms with Gasteiger partial charge in [0.1, 0.15) is 41.5 Å². The molecule has 32 heavy (non-hydrogen) atoms. The molecule has 8 nitrogen and oxygen atoms in total. The first-order valence-electron chi connectivity index (χ1n) is 10.7. The number of aromatic nitrogens is 3. The zero-order chi connectivity index (χ0) is 21.9. The van der Waals surface area contributed by atoms with Gasteiger partial charge in [-0.05, 0) is 18.2 Å². The van der Waals surface area contributed by atoms with Crippen molar-refractivity contribution in [1.82, 2.24) is 19.7 Å². The van der Waals surface area contributed by atoms with Gasteiger partial charge >= 0.3 is 0 Å². The van der Waals surface area contributed by atoms with Gasteiger partial charge in [-0.2, -0.15) is 0 Å². The standard InChI is InChI=1S/C24H26N4O4/c1-29-10-11-31-17-8-9-28-19(13-26-23(28)12-17)18-7-6-16-4-3-5-20(24(16)27-18)32-22-15-25-14-21(22)30-2/h3-9,12-13,21-22,25H,10-11,14-15H2,1-2H3/t21-,22-/m0/s1. The molecular formula is C24H26N4O4. The largest absolute Gasteiger partial charge is 0.491 e. The average Bonchev–Trinajstić information content (AvgIpc) is 3.45. The summed E-state index contributed by atoms with van der Waals surface area (Å²) in [4.78, 5) is 9.50. The maximum absolute atomic E-state index is 6.32. The lowest BCUT2D eigenvalue weighted by Gasteiger charge is -2.20. The van der Waals surface area contributed by atoms with E-state index < -0.39 is 0 Å². The number of ether oxygens (including phenoxy) is 4. The fourth-order valence-corrected chi connectivity index (χ4v) is 3.99. The highest BCUT2D eigenvalue weighted by Crippen LogP contribution is 2.30. The molecule has 0 aliphatic carbocycles. The quantitative estimate of drug-likeness (QED) is 0.427. The second-order valence-corrected chi connectivity index (χ2v) is 7.69. The summed E-state index contributed by atoms with van der Waals surface area (Å²) in [5, 5.41) is 4.34. The summed E-state index contributed by atoms with van der Waals surface area (Å²) in [5.41, 5.74) is 3.34. The van der Waals surface area contributed by atoms with E-state index in [9.17, 15) is 0 Å². The van der Waals surface area contributed by atoms with Crippen LogP contribution in [0.25, 0.3) is 27.9 Å². The predicted molar refractivity (Wildman–Crippen MR) is 121 cm³/mol. The number of methoxy groups -OCH3 is 2. The van der Waals surface area contributed by atoms with Gasteiger partial charge in [0.05, 0.1) is 24.2 Å². The molecule has 166 valence electrons. The second kappa shape index (κ2) is 9.12. The molecule has 0 saturated carbocycles. The van der Waals surface area contributed by atoms with Crippen molar-refractivity contribution in [2.75, 3.05) is 40.5 Å². The summed E-state index contributed by atoms with van der Waals surface area (Å²) in [6.45, 7) is 2.56. The maximum Gasteiger partial charge on any atom is 0.146 e. The molecule has 1 saturated heterocycles. The molecule has 1 aliphatic heterocycles. The van der Waals surface area contributed by atoms with Crippen molar-refractivity contribution in [2.24, 2.45) is 0 Å². The van der Waals surface area contributed by atoms with E-state index in [2.05, 4.69) is 16.4 Å². The van der Waals surface area contributed by atoms with Crippen LogP contribution >= 0.6 is 0 Å². The van der Waals surface area contributed by atoms with Crippen LogP contribution in [0, 0.1) is 0 Å². The van der Waals surface area contributed by atoms with Gasteiger partial charge in [-0.3, -0.25) is 4.40 Å². The van der Waals surface area contributed by atoms with E-state index in [1.54, 1.807) is 14.2 Å². The van der Waals surface area contributed by atoms with Crippen LogP contribution in [0.4, 0.5) is 0 Å². The predicted octanol–water partition coefficient (Wildman–Crippen LogP) is 2.94. The number of rotatable bonds is 8. The molecule has 5 rings (SSSR count). The van der Waals surface area contributed by atoms with E-state index >= 15 is 0 Å². The maximum atomic E-state index is 6.32. The summed E-state index contributed by atoms with van der Waals surface area (Å²) in [5.74, 6) is 1.51. The first kappa shape index (κ1) is 20.7. The van der Waals surface area contributed by atoms with Crippen LogP contribution in [0.5, 0.6) is 11.5 Å². The number of fused-ring (bicyclic) bond motifs is 2. The fourth-order valence-electron chi connectivity index (χ4n) is 3.99. The van der Waals surface area contributed by atoms with Crippen LogP contribution in [-0.2, 0) is 9.47 Å². The van der Waals surface area contributed by atoms with Gasteiger partial charge < -0.3 is 24.3 Å². The van der Waals surface area contributed by atoms with Gasteiger partial charge in [0.2, 0.25) is 0 Å². The van der Waals surface area contributed by atoms with Crippen LogP contribution in [0.1, 0.15) is 0 Å². The molecule has 0 radical (unpaired) electrons. The first-order valence-corrected chi connectivity index (χ1v) is 10.7. The van der Waals surface area contributed by atoms with Crippen LogP contribution in [0.2, 0.25) is 0 Å². The molecule has 1 aromatic carbocycles. The van der Waals surface area contributed by atoms with E-state index in [4.69, 9.17) is 23.9 Å². The molecule has 3 aromatic heterocycles. The van der Waals surface area contributed by atoms with Gasteiger partial charge in [-0.1, -0.05) is 18.2 Å². The second-order valence-electron chi connectivity index (χ2n) is 7.69. The average molecular weight is 434 g/mol. The first-order chi connectivity index (χ1) is 15.8. The minimum Gasteiger partial charge on any atom is -0.491 e. The van der Waals surface area contributed by atoms with E-state index in [1.165, 1.54) is 0 Å². The minimum absolute atomic E-state index is 0.0208. The molecule has 0 unspecified atom stereocenters. The van der Waals surface area contributed by atoms with E-state index in [-0.39, 0.29) is 12.2 Å². The third-order valence-corrected chi connectivity index (χ3v) is 5.67. The number of hydrogen-bond donors (Lipinski definition) is 1. The summed E-state index contributed by atoms with van der Waals surface area (Å²) in [7, 11) is 3.37. The van der Waals surface area contributed by atoms with Gasteiger partial charge in [0, 0.05) is 45.0 Å².